The lowest BCUT2D eigenvalue weighted by Crippen LogP contribution is -2.10. The second kappa shape index (κ2) is 3.09. The number of aryl methyl sites for hydroxylation is 1. The van der Waals surface area contributed by atoms with Crippen LogP contribution in [0.2, 0.25) is 0 Å². The van der Waals surface area contributed by atoms with Crippen LogP contribution in [0.4, 0.5) is 0 Å². The highest BCUT2D eigenvalue weighted by molar-refractivity contribution is 5.90. The lowest BCUT2D eigenvalue weighted by atomic mass is 10.2. The summed E-state index contributed by atoms with van der Waals surface area (Å²) in [6.45, 7) is 0. The van der Waals surface area contributed by atoms with E-state index in [0.717, 1.165) is 12.1 Å². The maximum absolute atomic E-state index is 11.4. The Morgan fingerprint density at radius 2 is 2.43 bits per heavy atom. The molecule has 1 fully saturated rings. The fraction of sp³-hybridized carbons (Fsp3) is 0.556. The van der Waals surface area contributed by atoms with Crippen molar-refractivity contribution in [1.29, 1.82) is 0 Å². The topological polar surface area (TPSA) is 70.1 Å². The summed E-state index contributed by atoms with van der Waals surface area (Å²) in [6, 6.07) is 0.161. The molecule has 2 rings (SSSR count). The molecule has 76 valence electrons. The number of carbonyl (C=O) groups is 1. The van der Waals surface area contributed by atoms with Crippen molar-refractivity contribution in [1.82, 2.24) is 9.78 Å². The predicted octanol–water partition coefficient (Wildman–Crippen LogP) is 0.0213. The molecule has 0 aromatic carbocycles. The van der Waals surface area contributed by atoms with E-state index in [-0.39, 0.29) is 17.9 Å². The van der Waals surface area contributed by atoms with Crippen molar-refractivity contribution in [2.24, 2.45) is 12.8 Å². The maximum Gasteiger partial charge on any atom is 0.341 e. The highest BCUT2D eigenvalue weighted by atomic mass is 16.5. The summed E-state index contributed by atoms with van der Waals surface area (Å²) in [4.78, 5) is 11.4. The van der Waals surface area contributed by atoms with Gasteiger partial charge in [0.2, 0.25) is 0 Å². The minimum absolute atomic E-state index is 0.161. The second-order valence-electron chi connectivity index (χ2n) is 3.56. The molecule has 1 heterocycles. The van der Waals surface area contributed by atoms with Crippen molar-refractivity contribution < 1.29 is 9.53 Å². The van der Waals surface area contributed by atoms with E-state index >= 15 is 0 Å². The molecule has 1 aromatic rings. The van der Waals surface area contributed by atoms with Gasteiger partial charge >= 0.3 is 5.97 Å². The summed E-state index contributed by atoms with van der Waals surface area (Å²) in [5.41, 5.74) is 7.17. The Morgan fingerprint density at radius 3 is 2.93 bits per heavy atom. The summed E-state index contributed by atoms with van der Waals surface area (Å²) < 4.78 is 6.37. The van der Waals surface area contributed by atoms with Crippen LogP contribution in [0.3, 0.4) is 0 Å². The third-order valence-electron chi connectivity index (χ3n) is 2.58. The van der Waals surface area contributed by atoms with Crippen LogP contribution < -0.4 is 5.73 Å². The third kappa shape index (κ3) is 1.29. The second-order valence-corrected chi connectivity index (χ2v) is 3.56. The van der Waals surface area contributed by atoms with E-state index in [9.17, 15) is 4.79 Å². The Kier molecular flexibility index (Phi) is 2.03. The van der Waals surface area contributed by atoms with E-state index in [1.54, 1.807) is 4.68 Å². The molecule has 0 bridgehead atoms. The van der Waals surface area contributed by atoms with E-state index in [4.69, 9.17) is 5.73 Å². The van der Waals surface area contributed by atoms with Gasteiger partial charge in [-0.3, -0.25) is 4.68 Å². The van der Waals surface area contributed by atoms with Gasteiger partial charge in [-0.15, -0.1) is 0 Å². The lowest BCUT2D eigenvalue weighted by Gasteiger charge is -2.02. The van der Waals surface area contributed by atoms with Gasteiger partial charge in [-0.25, -0.2) is 4.79 Å². The molecule has 1 aliphatic carbocycles. The van der Waals surface area contributed by atoms with Gasteiger partial charge in [-0.05, 0) is 6.42 Å². The molecule has 0 aliphatic heterocycles. The van der Waals surface area contributed by atoms with Crippen LogP contribution in [0.1, 0.15) is 28.4 Å². The first-order valence-corrected chi connectivity index (χ1v) is 4.51. The van der Waals surface area contributed by atoms with Crippen molar-refractivity contribution in [2.75, 3.05) is 7.11 Å². The van der Waals surface area contributed by atoms with Crippen molar-refractivity contribution in [2.45, 2.75) is 18.4 Å². The zero-order valence-corrected chi connectivity index (χ0v) is 8.23. The standard InChI is InChI=1S/C9H13N3O2/c1-12-8(5-3-7(5)10)6(4-11-12)9(13)14-2/h4-5,7H,3,10H2,1-2H3. The van der Waals surface area contributed by atoms with Crippen LogP contribution in [-0.4, -0.2) is 28.9 Å². The van der Waals surface area contributed by atoms with E-state index in [1.165, 1.54) is 13.3 Å². The molecule has 0 saturated heterocycles. The molecule has 2 N–H and O–H groups in total. The minimum atomic E-state index is -0.341. The molecule has 1 aromatic heterocycles. The predicted molar refractivity (Wildman–Crippen MR) is 49.9 cm³/mol. The number of hydrogen-bond acceptors (Lipinski definition) is 4. The smallest absolute Gasteiger partial charge is 0.341 e. The molecular weight excluding hydrogens is 182 g/mol. The highest BCUT2D eigenvalue weighted by Crippen LogP contribution is 2.40. The van der Waals surface area contributed by atoms with Gasteiger partial charge in [0.25, 0.3) is 0 Å². The van der Waals surface area contributed by atoms with Crippen molar-refractivity contribution in [3.8, 4) is 0 Å². The van der Waals surface area contributed by atoms with E-state index in [1.807, 2.05) is 7.05 Å². The number of nitrogens with two attached hydrogens (primary N) is 1. The number of rotatable bonds is 2. The Labute approximate surface area is 81.8 Å². The fourth-order valence-corrected chi connectivity index (χ4v) is 1.68. The molecule has 5 nitrogen and oxygen atoms in total. The number of esters is 1. The van der Waals surface area contributed by atoms with E-state index in [0.29, 0.717) is 5.56 Å². The monoisotopic (exact) mass is 195 g/mol. The lowest BCUT2D eigenvalue weighted by molar-refractivity contribution is 0.0599. The number of aromatic nitrogens is 2. The van der Waals surface area contributed by atoms with Crippen molar-refractivity contribution in [3.05, 3.63) is 17.5 Å². The number of carbonyl (C=O) groups excluding carboxylic acids is 1. The van der Waals surface area contributed by atoms with Crippen LogP contribution in [-0.2, 0) is 11.8 Å². The maximum atomic E-state index is 11.4. The summed E-state index contributed by atoms with van der Waals surface area (Å²) in [5.74, 6) is -0.0798. The SMILES string of the molecule is COC(=O)c1cnn(C)c1C1CC1N. The Hall–Kier alpha value is -1.36. The normalized spacial score (nSPS) is 24.8. The van der Waals surface area contributed by atoms with Gasteiger partial charge in [-0.2, -0.15) is 5.10 Å². The largest absolute Gasteiger partial charge is 0.465 e. The fourth-order valence-electron chi connectivity index (χ4n) is 1.68. The van der Waals surface area contributed by atoms with Crippen LogP contribution in [0.5, 0.6) is 0 Å². The quantitative estimate of drug-likeness (QED) is 0.675. The van der Waals surface area contributed by atoms with Crippen LogP contribution in [0.15, 0.2) is 6.20 Å². The molecule has 0 spiro atoms. The van der Waals surface area contributed by atoms with Gasteiger partial charge in [0.15, 0.2) is 0 Å². The molecule has 2 unspecified atom stereocenters. The van der Waals surface area contributed by atoms with Gasteiger partial charge in [0, 0.05) is 19.0 Å². The first kappa shape index (κ1) is 9.21. The molecule has 0 amide bonds. The Bertz CT molecular complexity index is 372. The summed E-state index contributed by atoms with van der Waals surface area (Å²) in [5, 5.41) is 4.04. The number of nitrogens with zero attached hydrogens (tertiary/aromatic N) is 2. The van der Waals surface area contributed by atoms with Gasteiger partial charge in [-0.1, -0.05) is 0 Å². The first-order chi connectivity index (χ1) is 6.65. The zero-order chi connectivity index (χ0) is 10.3. The first-order valence-electron chi connectivity index (χ1n) is 4.51. The molecule has 2 atom stereocenters. The van der Waals surface area contributed by atoms with E-state index < -0.39 is 0 Å². The molecule has 1 saturated carbocycles. The zero-order valence-electron chi connectivity index (χ0n) is 8.23. The van der Waals surface area contributed by atoms with Crippen LogP contribution in [0.25, 0.3) is 0 Å². The number of hydrogen-bond donors (Lipinski definition) is 1. The summed E-state index contributed by atoms with van der Waals surface area (Å²) in [7, 11) is 3.18. The average Bonchev–Trinajstić information content (AvgIpc) is 2.74. The van der Waals surface area contributed by atoms with Crippen molar-refractivity contribution in [3.63, 3.8) is 0 Å². The third-order valence-corrected chi connectivity index (χ3v) is 2.58. The average molecular weight is 195 g/mol. The highest BCUT2D eigenvalue weighted by Gasteiger charge is 2.40. The van der Waals surface area contributed by atoms with Crippen LogP contribution >= 0.6 is 0 Å². The summed E-state index contributed by atoms with van der Waals surface area (Å²) in [6.07, 6.45) is 2.45. The van der Waals surface area contributed by atoms with E-state index in [2.05, 4.69) is 9.84 Å². The Balaban J connectivity index is 2.36. The van der Waals surface area contributed by atoms with Gasteiger partial charge < -0.3 is 10.5 Å². The molecule has 5 heteroatoms. The van der Waals surface area contributed by atoms with Crippen LogP contribution in [0, 0.1) is 0 Å². The van der Waals surface area contributed by atoms with Gasteiger partial charge in [0.1, 0.15) is 5.56 Å². The summed E-state index contributed by atoms with van der Waals surface area (Å²) >= 11 is 0. The number of methoxy groups -OCH3 is 1. The van der Waals surface area contributed by atoms with Crippen molar-refractivity contribution >= 4 is 5.97 Å². The molecular formula is C9H13N3O2. The number of ether oxygens (including phenoxy) is 1. The molecule has 14 heavy (non-hydrogen) atoms. The minimum Gasteiger partial charge on any atom is -0.465 e. The molecule has 0 radical (unpaired) electrons. The Morgan fingerprint density at radius 1 is 1.79 bits per heavy atom. The van der Waals surface area contributed by atoms with Gasteiger partial charge in [0.05, 0.1) is 19.0 Å². The molecule has 1 aliphatic rings.